The number of nitrogens with zero attached hydrogens (tertiary/aromatic N) is 2. The van der Waals surface area contributed by atoms with E-state index < -0.39 is 0 Å². The van der Waals surface area contributed by atoms with Gasteiger partial charge in [-0.25, -0.2) is 0 Å². The number of hydrogen-bond donors (Lipinski definition) is 0. The van der Waals surface area contributed by atoms with Gasteiger partial charge in [-0.3, -0.25) is 0 Å². The van der Waals surface area contributed by atoms with Gasteiger partial charge in [-0.05, 0) is 226 Å². The summed E-state index contributed by atoms with van der Waals surface area (Å²) in [5.74, 6) is 0. The summed E-state index contributed by atoms with van der Waals surface area (Å²) >= 11 is 0. The highest BCUT2D eigenvalue weighted by Gasteiger charge is 2.36. The van der Waals surface area contributed by atoms with Crippen molar-refractivity contribution in [2.24, 2.45) is 0 Å². The van der Waals surface area contributed by atoms with Gasteiger partial charge in [0, 0.05) is 33.6 Å². The second-order valence-electron chi connectivity index (χ2n) is 22.1. The average Bonchev–Trinajstić information content (AvgIpc) is 3.78. The van der Waals surface area contributed by atoms with E-state index in [4.69, 9.17) is 0 Å². The Labute approximate surface area is 439 Å². The minimum absolute atomic E-state index is 0.0459. The molecular formula is C72H64N2. The highest BCUT2D eigenvalue weighted by atomic mass is 15.2. The molecule has 2 heteroatoms. The topological polar surface area (TPSA) is 6.48 Å². The summed E-state index contributed by atoms with van der Waals surface area (Å²) in [6, 6.07) is 77.3. The van der Waals surface area contributed by atoms with E-state index in [0.717, 1.165) is 11.4 Å². The normalized spacial score (nSPS) is 13.5. The molecule has 0 amide bonds. The fourth-order valence-corrected chi connectivity index (χ4v) is 12.7. The second kappa shape index (κ2) is 17.8. The van der Waals surface area contributed by atoms with E-state index in [9.17, 15) is 0 Å². The minimum atomic E-state index is -0.0459. The fourth-order valence-electron chi connectivity index (χ4n) is 12.7. The monoisotopic (exact) mass is 957 g/mol. The first-order valence-electron chi connectivity index (χ1n) is 26.3. The van der Waals surface area contributed by atoms with Crippen LogP contribution in [0.4, 0.5) is 34.1 Å². The van der Waals surface area contributed by atoms with Gasteiger partial charge in [0.05, 0.1) is 11.4 Å². The van der Waals surface area contributed by atoms with Crippen molar-refractivity contribution in [2.45, 2.75) is 80.1 Å². The summed E-state index contributed by atoms with van der Waals surface area (Å²) in [7, 11) is 0. The van der Waals surface area contributed by atoms with Crippen molar-refractivity contribution >= 4 is 34.1 Å². The molecule has 0 aromatic heterocycles. The van der Waals surface area contributed by atoms with Crippen molar-refractivity contribution in [2.75, 3.05) is 9.80 Å². The number of para-hydroxylation sites is 2. The van der Waals surface area contributed by atoms with Crippen LogP contribution in [0.5, 0.6) is 0 Å². The fraction of sp³-hybridized carbons (Fsp3) is 0.167. The third-order valence-corrected chi connectivity index (χ3v) is 16.6. The summed E-state index contributed by atoms with van der Waals surface area (Å²) in [6.07, 6.45) is 0. The quantitative estimate of drug-likeness (QED) is 0.142. The number of aryl methyl sites for hydroxylation is 6. The smallest absolute Gasteiger partial charge is 0.0520 e. The van der Waals surface area contributed by atoms with Gasteiger partial charge in [0.15, 0.2) is 0 Å². The Morgan fingerprint density at radius 2 is 0.568 bits per heavy atom. The van der Waals surface area contributed by atoms with Crippen LogP contribution in [-0.2, 0) is 10.8 Å². The average molecular weight is 957 g/mol. The maximum Gasteiger partial charge on any atom is 0.0520 e. The first-order valence-corrected chi connectivity index (χ1v) is 26.3. The van der Waals surface area contributed by atoms with Crippen LogP contribution >= 0.6 is 0 Å². The Balaban J connectivity index is 0.877. The van der Waals surface area contributed by atoms with E-state index in [2.05, 4.69) is 285 Å². The van der Waals surface area contributed by atoms with Crippen LogP contribution in [0.1, 0.15) is 83.3 Å². The van der Waals surface area contributed by atoms with Crippen LogP contribution < -0.4 is 9.80 Å². The van der Waals surface area contributed by atoms with Crippen molar-refractivity contribution in [1.82, 2.24) is 0 Å². The van der Waals surface area contributed by atoms with Gasteiger partial charge in [-0.1, -0.05) is 161 Å². The van der Waals surface area contributed by atoms with E-state index in [1.54, 1.807) is 0 Å². The van der Waals surface area contributed by atoms with Gasteiger partial charge < -0.3 is 9.80 Å². The zero-order valence-corrected chi connectivity index (χ0v) is 44.5. The number of fused-ring (bicyclic) bond motifs is 6. The maximum atomic E-state index is 2.46. The summed E-state index contributed by atoms with van der Waals surface area (Å²) in [5.41, 5.74) is 32.7. The molecule has 12 rings (SSSR count). The number of rotatable bonds is 9. The molecule has 2 nitrogen and oxygen atoms in total. The molecule has 0 unspecified atom stereocenters. The largest absolute Gasteiger partial charge is 0.310 e. The third kappa shape index (κ3) is 7.61. The highest BCUT2D eigenvalue weighted by Crippen LogP contribution is 2.52. The lowest BCUT2D eigenvalue weighted by Gasteiger charge is -2.31. The van der Waals surface area contributed by atoms with Crippen LogP contribution in [0.2, 0.25) is 0 Å². The predicted molar refractivity (Wildman–Crippen MR) is 316 cm³/mol. The molecule has 0 saturated heterocycles. The van der Waals surface area contributed by atoms with Gasteiger partial charge in [0.25, 0.3) is 0 Å². The van der Waals surface area contributed by atoms with Crippen LogP contribution in [0.25, 0.3) is 55.6 Å². The SMILES string of the molecule is Cc1ccccc1N(c1ccc(-c2ccc3c(c2)C(C)(C)c2ccccc2-3)cc1)c1c(C)cc(-c2cc(C)c(N(c3ccc(-c4ccc5c(c4)C(C)(C)c4ccccc4-5)cc3)c3ccccc3C)c(C)c2)cc1C. The molecule has 0 spiro atoms. The number of anilines is 6. The maximum absolute atomic E-state index is 2.46. The summed E-state index contributed by atoms with van der Waals surface area (Å²) in [4.78, 5) is 4.93. The lowest BCUT2D eigenvalue weighted by molar-refractivity contribution is 0.660. The van der Waals surface area contributed by atoms with E-state index in [1.165, 1.54) is 134 Å². The lowest BCUT2D eigenvalue weighted by Crippen LogP contribution is -2.15. The minimum Gasteiger partial charge on any atom is -0.310 e. The number of hydrogen-bond acceptors (Lipinski definition) is 2. The van der Waals surface area contributed by atoms with Crippen molar-refractivity contribution in [1.29, 1.82) is 0 Å². The molecule has 0 saturated carbocycles. The predicted octanol–water partition coefficient (Wildman–Crippen LogP) is 20.1. The zero-order chi connectivity index (χ0) is 51.2. The molecule has 0 atom stereocenters. The molecule has 0 fully saturated rings. The zero-order valence-electron chi connectivity index (χ0n) is 44.5. The van der Waals surface area contributed by atoms with Gasteiger partial charge in [0.2, 0.25) is 0 Å². The summed E-state index contributed by atoms with van der Waals surface area (Å²) in [5, 5.41) is 0. The molecule has 0 radical (unpaired) electrons. The molecule has 74 heavy (non-hydrogen) atoms. The van der Waals surface area contributed by atoms with Crippen LogP contribution in [-0.4, -0.2) is 0 Å². The molecule has 2 aliphatic carbocycles. The van der Waals surface area contributed by atoms with Crippen LogP contribution in [0.15, 0.2) is 206 Å². The molecule has 0 aliphatic heterocycles. The van der Waals surface area contributed by atoms with Gasteiger partial charge in [-0.15, -0.1) is 0 Å². The van der Waals surface area contributed by atoms with Crippen LogP contribution in [0.3, 0.4) is 0 Å². The first-order chi connectivity index (χ1) is 35.7. The molecule has 2 aliphatic rings. The Bertz CT molecular complexity index is 3550. The molecule has 10 aromatic carbocycles. The number of benzene rings is 10. The first kappa shape index (κ1) is 46.8. The van der Waals surface area contributed by atoms with Crippen LogP contribution in [0, 0.1) is 41.5 Å². The molecule has 0 bridgehead atoms. The third-order valence-electron chi connectivity index (χ3n) is 16.6. The van der Waals surface area contributed by atoms with E-state index in [-0.39, 0.29) is 10.8 Å². The molecular weight excluding hydrogens is 893 g/mol. The molecule has 10 aromatic rings. The van der Waals surface area contributed by atoms with Crippen molar-refractivity contribution < 1.29 is 0 Å². The Kier molecular flexibility index (Phi) is 11.3. The van der Waals surface area contributed by atoms with Gasteiger partial charge in [-0.2, -0.15) is 0 Å². The van der Waals surface area contributed by atoms with E-state index >= 15 is 0 Å². The second-order valence-corrected chi connectivity index (χ2v) is 22.1. The lowest BCUT2D eigenvalue weighted by atomic mass is 9.81. The van der Waals surface area contributed by atoms with Crippen molar-refractivity contribution in [3.05, 3.63) is 262 Å². The van der Waals surface area contributed by atoms with Crippen molar-refractivity contribution in [3.8, 4) is 55.6 Å². The van der Waals surface area contributed by atoms with E-state index in [0.29, 0.717) is 0 Å². The Morgan fingerprint density at radius 1 is 0.257 bits per heavy atom. The molecule has 0 N–H and O–H groups in total. The van der Waals surface area contributed by atoms with Gasteiger partial charge in [0.1, 0.15) is 0 Å². The Morgan fingerprint density at radius 3 is 0.932 bits per heavy atom. The standard InChI is InChI=1S/C72H64N2/c1-45-19-11-17-25-67(45)73(57-33-27-51(28-34-57)53-31-37-61-59-21-13-15-23-63(59)71(7,8)65(61)43-53)69-47(3)39-55(40-48(69)4)56-41-49(5)70(50(6)42-56)74(68-26-18-12-20-46(68)2)58-35-29-52(30-36-58)54-32-38-62-60-22-14-16-24-64(60)72(9,10)66(62)44-54/h11-44H,1-10H3. The summed E-state index contributed by atoms with van der Waals surface area (Å²) in [6.45, 7) is 23.0. The molecule has 0 heterocycles. The Hall–Kier alpha value is -8.20. The van der Waals surface area contributed by atoms with Crippen molar-refractivity contribution in [3.63, 3.8) is 0 Å². The molecule has 362 valence electrons. The summed E-state index contributed by atoms with van der Waals surface area (Å²) < 4.78 is 0. The highest BCUT2D eigenvalue weighted by molar-refractivity contribution is 5.90. The van der Waals surface area contributed by atoms with E-state index in [1.807, 2.05) is 0 Å². The van der Waals surface area contributed by atoms with Gasteiger partial charge >= 0.3 is 0 Å².